The van der Waals surface area contributed by atoms with Gasteiger partial charge >= 0.3 is 5.97 Å². The van der Waals surface area contributed by atoms with E-state index in [0.29, 0.717) is 12.8 Å². The molecule has 4 N–H and O–H groups in total. The normalized spacial score (nSPS) is 13.2. The van der Waals surface area contributed by atoms with Gasteiger partial charge in [0.15, 0.2) is 0 Å². The van der Waals surface area contributed by atoms with Gasteiger partial charge in [-0.15, -0.1) is 0 Å². The van der Waals surface area contributed by atoms with Gasteiger partial charge in [-0.1, -0.05) is 77.4 Å². The highest BCUT2D eigenvalue weighted by molar-refractivity contribution is 5.66. The number of hydrogen-bond donors (Lipinski definition) is 4. The largest absolute Gasteiger partial charge is 0.481 e. The van der Waals surface area contributed by atoms with Crippen molar-refractivity contribution in [2.45, 2.75) is 122 Å². The standard InChI is InChI=1S/C18H34O2.C5H12O3/c1-2-3-4-5-6-7-8-9-10-11-12-13-14-15-16-17-18(19)20;1-2-4(7)5(8)3-6/h9-10H,2-8,11-17H2,1H3,(H,19,20);4-8H,2-3H2,1H3. The Kier molecular flexibility index (Phi) is 25.2. The van der Waals surface area contributed by atoms with Crippen molar-refractivity contribution in [3.63, 3.8) is 0 Å². The molecule has 168 valence electrons. The van der Waals surface area contributed by atoms with E-state index < -0.39 is 18.2 Å². The van der Waals surface area contributed by atoms with E-state index in [1.165, 1.54) is 70.6 Å². The zero-order chi connectivity index (χ0) is 21.5. The monoisotopic (exact) mass is 402 g/mol. The number of rotatable bonds is 18. The van der Waals surface area contributed by atoms with Crippen LogP contribution in [0.25, 0.3) is 0 Å². The van der Waals surface area contributed by atoms with Crippen molar-refractivity contribution < 1.29 is 25.2 Å². The second-order valence-corrected chi connectivity index (χ2v) is 7.45. The summed E-state index contributed by atoms with van der Waals surface area (Å²) in [6, 6.07) is 0. The molecular weight excluding hydrogens is 356 g/mol. The summed E-state index contributed by atoms with van der Waals surface area (Å²) in [4.78, 5) is 10.3. The molecule has 0 aliphatic rings. The number of unbranched alkanes of at least 4 members (excludes halogenated alkanes) is 11. The molecule has 28 heavy (non-hydrogen) atoms. The molecule has 2 atom stereocenters. The van der Waals surface area contributed by atoms with Crippen molar-refractivity contribution in [1.29, 1.82) is 0 Å². The third-order valence-electron chi connectivity index (χ3n) is 4.70. The SMILES string of the molecule is CCC(O)C(O)CO.CCCCCCCCC=CCCCCCCCC(=O)O. The minimum Gasteiger partial charge on any atom is -0.481 e. The van der Waals surface area contributed by atoms with Crippen LogP contribution in [0, 0.1) is 0 Å². The second kappa shape index (κ2) is 24.1. The Morgan fingerprint density at radius 2 is 1.21 bits per heavy atom. The maximum Gasteiger partial charge on any atom is 0.303 e. The van der Waals surface area contributed by atoms with E-state index in [9.17, 15) is 4.79 Å². The Morgan fingerprint density at radius 3 is 1.61 bits per heavy atom. The summed E-state index contributed by atoms with van der Waals surface area (Å²) in [5.41, 5.74) is 0. The van der Waals surface area contributed by atoms with Crippen LogP contribution >= 0.6 is 0 Å². The fourth-order valence-electron chi connectivity index (χ4n) is 2.74. The Bertz CT molecular complexity index is 336. The van der Waals surface area contributed by atoms with Crippen molar-refractivity contribution in [2.24, 2.45) is 0 Å². The molecule has 5 heteroatoms. The molecule has 2 unspecified atom stereocenters. The number of carboxylic acids is 1. The summed E-state index contributed by atoms with van der Waals surface area (Å²) in [5, 5.41) is 34.1. The minimum absolute atomic E-state index is 0.332. The second-order valence-electron chi connectivity index (χ2n) is 7.45. The van der Waals surface area contributed by atoms with Gasteiger partial charge in [0.2, 0.25) is 0 Å². The zero-order valence-electron chi connectivity index (χ0n) is 18.3. The van der Waals surface area contributed by atoms with E-state index in [-0.39, 0.29) is 6.61 Å². The van der Waals surface area contributed by atoms with Gasteiger partial charge in [0, 0.05) is 6.42 Å². The van der Waals surface area contributed by atoms with Gasteiger partial charge in [-0.3, -0.25) is 4.79 Å². The smallest absolute Gasteiger partial charge is 0.303 e. The van der Waals surface area contributed by atoms with E-state index in [1.54, 1.807) is 6.92 Å². The molecule has 0 bridgehead atoms. The summed E-state index contributed by atoms with van der Waals surface area (Å²) >= 11 is 0. The fourth-order valence-corrected chi connectivity index (χ4v) is 2.74. The lowest BCUT2D eigenvalue weighted by Gasteiger charge is -2.11. The molecule has 0 aromatic rings. The van der Waals surface area contributed by atoms with E-state index in [4.69, 9.17) is 20.4 Å². The maximum atomic E-state index is 10.3. The van der Waals surface area contributed by atoms with Crippen LogP contribution in [0.1, 0.15) is 110 Å². The van der Waals surface area contributed by atoms with Crippen molar-refractivity contribution in [1.82, 2.24) is 0 Å². The van der Waals surface area contributed by atoms with Gasteiger partial charge in [0.25, 0.3) is 0 Å². The summed E-state index contributed by atoms with van der Waals surface area (Å²) in [7, 11) is 0. The summed E-state index contributed by atoms with van der Waals surface area (Å²) in [5.74, 6) is -0.664. The summed E-state index contributed by atoms with van der Waals surface area (Å²) in [6.45, 7) is 3.63. The number of carbonyl (C=O) groups is 1. The molecule has 0 saturated heterocycles. The molecule has 0 aliphatic carbocycles. The van der Waals surface area contributed by atoms with Gasteiger partial charge in [-0.2, -0.15) is 0 Å². The molecule has 0 rings (SSSR count). The number of aliphatic carboxylic acids is 1. The number of carboxylic acid groups (broad SMARTS) is 1. The molecule has 0 spiro atoms. The predicted octanol–water partition coefficient (Wildman–Crippen LogP) is 5.22. The van der Waals surface area contributed by atoms with Crippen LogP contribution in [0.15, 0.2) is 12.2 Å². The highest BCUT2D eigenvalue weighted by atomic mass is 16.4. The first-order valence-electron chi connectivity index (χ1n) is 11.3. The average Bonchev–Trinajstić information content (AvgIpc) is 2.69. The van der Waals surface area contributed by atoms with E-state index >= 15 is 0 Å². The Balaban J connectivity index is 0. The Morgan fingerprint density at radius 1 is 0.750 bits per heavy atom. The van der Waals surface area contributed by atoms with Crippen LogP contribution in [0.5, 0.6) is 0 Å². The average molecular weight is 403 g/mol. The Labute approximate surface area is 172 Å². The van der Waals surface area contributed by atoms with Gasteiger partial charge in [0.05, 0.1) is 12.7 Å². The molecule has 0 saturated carbocycles. The molecule has 0 fully saturated rings. The molecule has 5 nitrogen and oxygen atoms in total. The quantitative estimate of drug-likeness (QED) is 0.186. The third-order valence-corrected chi connectivity index (χ3v) is 4.70. The number of allylic oxidation sites excluding steroid dienone is 2. The molecule has 0 aliphatic heterocycles. The molecule has 0 aromatic heterocycles. The van der Waals surface area contributed by atoms with E-state index in [0.717, 1.165) is 12.8 Å². The number of aliphatic hydroxyl groups is 3. The number of hydrogen-bond acceptors (Lipinski definition) is 4. The van der Waals surface area contributed by atoms with Crippen LogP contribution in [0.2, 0.25) is 0 Å². The van der Waals surface area contributed by atoms with Crippen LogP contribution in [-0.2, 0) is 4.79 Å². The lowest BCUT2D eigenvalue weighted by Crippen LogP contribution is -2.28. The zero-order valence-corrected chi connectivity index (χ0v) is 18.3. The van der Waals surface area contributed by atoms with Crippen LogP contribution in [0.3, 0.4) is 0 Å². The van der Waals surface area contributed by atoms with Crippen molar-refractivity contribution in [2.75, 3.05) is 6.61 Å². The lowest BCUT2D eigenvalue weighted by molar-refractivity contribution is -0.137. The van der Waals surface area contributed by atoms with Gasteiger partial charge in [-0.25, -0.2) is 0 Å². The number of aliphatic hydroxyl groups excluding tert-OH is 3. The first-order valence-corrected chi connectivity index (χ1v) is 11.3. The Hall–Kier alpha value is -0.910. The van der Waals surface area contributed by atoms with E-state index in [1.807, 2.05) is 0 Å². The molecule has 0 radical (unpaired) electrons. The molecule has 0 heterocycles. The van der Waals surface area contributed by atoms with Crippen molar-refractivity contribution in [3.05, 3.63) is 12.2 Å². The van der Waals surface area contributed by atoms with Crippen LogP contribution < -0.4 is 0 Å². The van der Waals surface area contributed by atoms with Crippen molar-refractivity contribution in [3.8, 4) is 0 Å². The van der Waals surface area contributed by atoms with Crippen LogP contribution in [-0.4, -0.2) is 45.2 Å². The topological polar surface area (TPSA) is 98.0 Å². The van der Waals surface area contributed by atoms with Gasteiger partial charge in [-0.05, 0) is 38.5 Å². The highest BCUT2D eigenvalue weighted by Gasteiger charge is 2.11. The van der Waals surface area contributed by atoms with Crippen molar-refractivity contribution >= 4 is 5.97 Å². The van der Waals surface area contributed by atoms with E-state index in [2.05, 4.69) is 19.1 Å². The van der Waals surface area contributed by atoms with Crippen LogP contribution in [0.4, 0.5) is 0 Å². The fraction of sp³-hybridized carbons (Fsp3) is 0.870. The highest BCUT2D eigenvalue weighted by Crippen LogP contribution is 2.09. The van der Waals surface area contributed by atoms with Gasteiger partial charge < -0.3 is 20.4 Å². The lowest BCUT2D eigenvalue weighted by atomic mass is 10.1. The summed E-state index contributed by atoms with van der Waals surface area (Å²) < 4.78 is 0. The molecule has 0 aromatic carbocycles. The van der Waals surface area contributed by atoms with Gasteiger partial charge in [0.1, 0.15) is 6.10 Å². The first kappa shape index (κ1) is 29.3. The third kappa shape index (κ3) is 25.1. The molecular formula is C23H46O5. The minimum atomic E-state index is -0.972. The first-order chi connectivity index (χ1) is 13.5. The summed E-state index contributed by atoms with van der Waals surface area (Å²) in [6.07, 6.45) is 20.0. The molecule has 0 amide bonds. The predicted molar refractivity (Wildman–Crippen MR) is 116 cm³/mol. The maximum absolute atomic E-state index is 10.3.